The molecule has 2 aromatic heterocycles. The molecule has 14 nitrogen and oxygen atoms in total. The molecule has 0 aliphatic heterocycles. The van der Waals surface area contributed by atoms with E-state index in [0.717, 1.165) is 33.6 Å². The summed E-state index contributed by atoms with van der Waals surface area (Å²) in [5, 5.41) is 11.4. The third-order valence-electron chi connectivity index (χ3n) is 9.58. The lowest BCUT2D eigenvalue weighted by molar-refractivity contribution is -0.126. The van der Waals surface area contributed by atoms with Gasteiger partial charge in [-0.15, -0.1) is 0 Å². The van der Waals surface area contributed by atoms with Crippen molar-refractivity contribution in [3.63, 3.8) is 0 Å². The van der Waals surface area contributed by atoms with Gasteiger partial charge in [-0.05, 0) is 44.9 Å². The first-order valence-electron chi connectivity index (χ1n) is 18.8. The zero-order valence-corrected chi connectivity index (χ0v) is 34.6. The quantitative estimate of drug-likeness (QED) is 0.0816. The van der Waals surface area contributed by atoms with E-state index in [1.54, 1.807) is 12.4 Å². The zero-order chi connectivity index (χ0) is 41.5. The van der Waals surface area contributed by atoms with E-state index in [1.807, 2.05) is 118 Å². The highest BCUT2D eigenvalue weighted by Gasteiger charge is 2.35. The molecule has 4 rings (SSSR count). The molecule has 2 heterocycles. The van der Waals surface area contributed by atoms with Crippen LogP contribution in [0.4, 0.5) is 9.59 Å². The standard InChI is InChI=1S/C42H58N8O6/c1-23(2)31(47-39(53)55-11)37(51)49-33(41(5,6)7)35-43-21-29(45-35)27-17-13-25(14-18-27)26-15-19-28(20-16-26)30-22-44-36(46-30)34(42(8,9)10)50-38(52)32(24(3)4)48-40(54)56-12/h13-24,31-34H,1-12H3,(H,43,45)(H,44,46)(H,47,53)(H,48,54)(H,49,51)(H,50,52)/t31-,32?,33?,34?/m1/s1. The van der Waals surface area contributed by atoms with Crippen LogP contribution in [0.3, 0.4) is 0 Å². The fourth-order valence-electron chi connectivity index (χ4n) is 6.24. The molecule has 14 heteroatoms. The van der Waals surface area contributed by atoms with E-state index in [-0.39, 0.29) is 23.7 Å². The van der Waals surface area contributed by atoms with Crippen molar-refractivity contribution in [2.45, 2.75) is 93.4 Å². The second kappa shape index (κ2) is 17.9. The molecule has 0 aliphatic rings. The van der Waals surface area contributed by atoms with Crippen LogP contribution in [0, 0.1) is 22.7 Å². The molecule has 0 bridgehead atoms. The first-order chi connectivity index (χ1) is 26.2. The number of alkyl carbamates (subject to hydrolysis) is 2. The monoisotopic (exact) mass is 770 g/mol. The molecule has 0 spiro atoms. The summed E-state index contributed by atoms with van der Waals surface area (Å²) in [4.78, 5) is 66.6. The Kier molecular flexibility index (Phi) is 13.7. The van der Waals surface area contributed by atoms with Gasteiger partial charge < -0.3 is 40.7 Å². The third kappa shape index (κ3) is 10.8. The number of rotatable bonds is 13. The van der Waals surface area contributed by atoms with E-state index in [4.69, 9.17) is 9.47 Å². The Bertz CT molecular complexity index is 1810. The lowest BCUT2D eigenvalue weighted by Crippen LogP contribution is -2.52. The van der Waals surface area contributed by atoms with Crippen molar-refractivity contribution in [2.24, 2.45) is 22.7 Å². The summed E-state index contributed by atoms with van der Waals surface area (Å²) in [5.74, 6) is 0.242. The van der Waals surface area contributed by atoms with Crippen molar-refractivity contribution in [2.75, 3.05) is 14.2 Å². The molecule has 0 fully saturated rings. The van der Waals surface area contributed by atoms with Crippen molar-refractivity contribution in [1.29, 1.82) is 0 Å². The minimum absolute atomic E-state index is 0.162. The van der Waals surface area contributed by atoms with Gasteiger partial charge in [0.15, 0.2) is 0 Å². The smallest absolute Gasteiger partial charge is 0.407 e. The van der Waals surface area contributed by atoms with E-state index in [9.17, 15) is 19.2 Å². The Labute approximate surface area is 329 Å². The Morgan fingerprint density at radius 2 is 0.839 bits per heavy atom. The average molecular weight is 771 g/mol. The molecular formula is C42H58N8O6. The van der Waals surface area contributed by atoms with Crippen LogP contribution in [0.2, 0.25) is 0 Å². The summed E-state index contributed by atoms with van der Waals surface area (Å²) < 4.78 is 9.45. The molecule has 2 aromatic carbocycles. The van der Waals surface area contributed by atoms with Crippen LogP contribution in [0.15, 0.2) is 60.9 Å². The number of carbonyl (C=O) groups is 4. The van der Waals surface area contributed by atoms with Crippen LogP contribution in [0.25, 0.3) is 33.6 Å². The lowest BCUT2D eigenvalue weighted by atomic mass is 9.85. The average Bonchev–Trinajstić information content (AvgIpc) is 3.83. The Balaban J connectivity index is 1.48. The lowest BCUT2D eigenvalue weighted by Gasteiger charge is -2.32. The summed E-state index contributed by atoms with van der Waals surface area (Å²) in [6, 6.07) is 13.8. The van der Waals surface area contributed by atoms with Gasteiger partial charge in [0.2, 0.25) is 11.8 Å². The molecule has 56 heavy (non-hydrogen) atoms. The predicted molar refractivity (Wildman–Crippen MR) is 216 cm³/mol. The van der Waals surface area contributed by atoms with Gasteiger partial charge in [-0.25, -0.2) is 19.6 Å². The maximum Gasteiger partial charge on any atom is 0.407 e. The summed E-state index contributed by atoms with van der Waals surface area (Å²) >= 11 is 0. The summed E-state index contributed by atoms with van der Waals surface area (Å²) in [7, 11) is 2.53. The van der Waals surface area contributed by atoms with Crippen molar-refractivity contribution >= 4 is 24.0 Å². The largest absolute Gasteiger partial charge is 0.453 e. The molecule has 4 atom stereocenters. The molecule has 6 N–H and O–H groups in total. The Hall–Kier alpha value is -5.66. The highest BCUT2D eigenvalue weighted by Crippen LogP contribution is 2.35. The van der Waals surface area contributed by atoms with Gasteiger partial charge in [0.1, 0.15) is 23.7 Å². The molecule has 4 aromatic rings. The minimum Gasteiger partial charge on any atom is -0.453 e. The molecule has 0 saturated heterocycles. The zero-order valence-electron chi connectivity index (χ0n) is 34.6. The highest BCUT2D eigenvalue weighted by molar-refractivity contribution is 5.87. The van der Waals surface area contributed by atoms with Crippen LogP contribution in [0.1, 0.15) is 93.0 Å². The summed E-state index contributed by atoms with van der Waals surface area (Å²) in [6.45, 7) is 19.5. The molecule has 4 amide bonds. The Morgan fingerprint density at radius 3 is 1.11 bits per heavy atom. The predicted octanol–water partition coefficient (Wildman–Crippen LogP) is 7.30. The van der Waals surface area contributed by atoms with E-state index in [2.05, 4.69) is 41.2 Å². The molecule has 0 radical (unpaired) electrons. The van der Waals surface area contributed by atoms with Crippen LogP contribution >= 0.6 is 0 Å². The number of carbonyl (C=O) groups excluding carboxylic acids is 4. The Morgan fingerprint density at radius 1 is 0.536 bits per heavy atom. The van der Waals surface area contributed by atoms with Crippen molar-refractivity contribution in [3.8, 4) is 33.6 Å². The third-order valence-corrected chi connectivity index (χ3v) is 9.58. The van der Waals surface area contributed by atoms with Crippen LogP contribution in [0.5, 0.6) is 0 Å². The maximum atomic E-state index is 13.3. The van der Waals surface area contributed by atoms with Gasteiger partial charge in [-0.3, -0.25) is 9.59 Å². The summed E-state index contributed by atoms with van der Waals surface area (Å²) in [5.41, 5.74) is 4.74. The van der Waals surface area contributed by atoms with E-state index >= 15 is 0 Å². The SMILES string of the molecule is COC(=O)NC(C(=O)NC(c1ncc(-c2ccc(-c3ccc(-c4cnc(C(NC(=O)[C@H](NC(=O)OC)C(C)C)C(C)(C)C)[nH]4)cc3)cc2)[nH]1)C(C)(C)C)C(C)C. The molecular weight excluding hydrogens is 713 g/mol. The number of methoxy groups -OCH3 is 2. The number of nitrogens with zero attached hydrogens (tertiary/aromatic N) is 2. The van der Waals surface area contributed by atoms with Gasteiger partial charge in [-0.2, -0.15) is 0 Å². The van der Waals surface area contributed by atoms with Gasteiger partial charge in [0.25, 0.3) is 0 Å². The normalized spacial score (nSPS) is 14.0. The number of imidazole rings is 2. The van der Waals surface area contributed by atoms with Crippen molar-refractivity contribution < 1.29 is 28.7 Å². The first-order valence-corrected chi connectivity index (χ1v) is 18.8. The van der Waals surface area contributed by atoms with Gasteiger partial charge in [0, 0.05) is 0 Å². The number of ether oxygens (including phenoxy) is 2. The highest BCUT2D eigenvalue weighted by atomic mass is 16.5. The fourth-order valence-corrected chi connectivity index (χ4v) is 6.24. The fraction of sp³-hybridized carbons (Fsp3) is 0.476. The topological polar surface area (TPSA) is 192 Å². The number of hydrogen-bond acceptors (Lipinski definition) is 8. The summed E-state index contributed by atoms with van der Waals surface area (Å²) in [6.07, 6.45) is 2.18. The second-order valence-electron chi connectivity index (χ2n) is 16.8. The van der Waals surface area contributed by atoms with Gasteiger partial charge in [0.05, 0.1) is 50.1 Å². The van der Waals surface area contributed by atoms with Crippen molar-refractivity contribution in [1.82, 2.24) is 41.2 Å². The van der Waals surface area contributed by atoms with E-state index < -0.39 is 47.2 Å². The number of hydrogen-bond donors (Lipinski definition) is 6. The van der Waals surface area contributed by atoms with Crippen molar-refractivity contribution in [3.05, 3.63) is 72.6 Å². The number of amides is 4. The van der Waals surface area contributed by atoms with Gasteiger partial charge >= 0.3 is 12.2 Å². The number of aromatic nitrogens is 4. The van der Waals surface area contributed by atoms with Crippen LogP contribution < -0.4 is 21.3 Å². The van der Waals surface area contributed by atoms with E-state index in [1.165, 1.54) is 14.2 Å². The maximum absolute atomic E-state index is 13.3. The molecule has 0 aliphatic carbocycles. The van der Waals surface area contributed by atoms with Crippen LogP contribution in [-0.2, 0) is 19.1 Å². The minimum atomic E-state index is -0.775. The second-order valence-corrected chi connectivity index (χ2v) is 16.8. The van der Waals surface area contributed by atoms with E-state index in [0.29, 0.717) is 11.6 Å². The van der Waals surface area contributed by atoms with Crippen LogP contribution in [-0.4, -0.2) is 70.2 Å². The van der Waals surface area contributed by atoms with Gasteiger partial charge in [-0.1, -0.05) is 118 Å². The number of H-pyrrole nitrogens is 2. The molecule has 3 unspecified atom stereocenters. The number of benzene rings is 2. The molecule has 302 valence electrons. The molecule has 0 saturated carbocycles. The first kappa shape index (κ1) is 43.1. The number of aromatic amines is 2. The number of nitrogens with one attached hydrogen (secondary N) is 6.